The number of ether oxygens (including phenoxy) is 1. The number of hydrogen-bond donors (Lipinski definition) is 0. The molecule has 5 rings (SSSR count). The van der Waals surface area contributed by atoms with E-state index in [-0.39, 0.29) is 0 Å². The smallest absolute Gasteiger partial charge is 0.268 e. The monoisotopic (exact) mass is 397 g/mol. The molecule has 0 saturated carbocycles. The molecule has 28 heavy (non-hydrogen) atoms. The second kappa shape index (κ2) is 6.90. The highest BCUT2D eigenvalue weighted by atomic mass is 32.2. The van der Waals surface area contributed by atoms with Crippen molar-refractivity contribution in [3.63, 3.8) is 0 Å². The molecular formula is C21H23N3O3S. The molecule has 2 aliphatic heterocycles. The minimum Gasteiger partial charge on any atom is -0.493 e. The Bertz CT molecular complexity index is 1130. The Kier molecular flexibility index (Phi) is 4.36. The first-order valence-corrected chi connectivity index (χ1v) is 11.3. The van der Waals surface area contributed by atoms with E-state index in [4.69, 9.17) is 4.74 Å². The van der Waals surface area contributed by atoms with Crippen LogP contribution < -0.4 is 4.74 Å². The van der Waals surface area contributed by atoms with Crippen molar-refractivity contribution in [1.82, 2.24) is 13.9 Å². The topological polar surface area (TPSA) is 64.4 Å². The van der Waals surface area contributed by atoms with Gasteiger partial charge in [-0.25, -0.2) is 12.4 Å². The summed E-state index contributed by atoms with van der Waals surface area (Å²) in [4.78, 5) is 7.21. The molecule has 0 unspecified atom stereocenters. The number of fused-ring (bicyclic) bond motifs is 2. The SMILES string of the molecule is O=S(=O)(c1ccc2c(c1)CCO2)n1cc(CCN2CCCC2)c2ncccc21. The van der Waals surface area contributed by atoms with Crippen molar-refractivity contribution in [2.45, 2.75) is 30.6 Å². The first kappa shape index (κ1) is 17.7. The summed E-state index contributed by atoms with van der Waals surface area (Å²) < 4.78 is 33.7. The van der Waals surface area contributed by atoms with Gasteiger partial charge in [0.2, 0.25) is 0 Å². The lowest BCUT2D eigenvalue weighted by molar-refractivity contribution is 0.344. The number of likely N-dealkylation sites (tertiary alicyclic amines) is 1. The van der Waals surface area contributed by atoms with Crippen LogP contribution in [-0.4, -0.2) is 48.5 Å². The summed E-state index contributed by atoms with van der Waals surface area (Å²) in [6.07, 6.45) is 7.52. The van der Waals surface area contributed by atoms with Crippen molar-refractivity contribution in [3.05, 3.63) is 53.9 Å². The van der Waals surface area contributed by atoms with Crippen LogP contribution in [0.1, 0.15) is 24.0 Å². The molecule has 6 nitrogen and oxygen atoms in total. The predicted octanol–water partition coefficient (Wildman–Crippen LogP) is 2.85. The lowest BCUT2D eigenvalue weighted by Gasteiger charge is -2.13. The van der Waals surface area contributed by atoms with Crippen molar-refractivity contribution in [3.8, 4) is 5.75 Å². The Labute approximate surface area is 164 Å². The maximum atomic E-state index is 13.4. The molecule has 0 amide bonds. The van der Waals surface area contributed by atoms with E-state index in [1.807, 2.05) is 6.07 Å². The number of pyridine rings is 1. The third-order valence-corrected chi connectivity index (χ3v) is 7.38. The van der Waals surface area contributed by atoms with Crippen LogP contribution in [0.5, 0.6) is 5.75 Å². The number of aromatic nitrogens is 2. The van der Waals surface area contributed by atoms with Crippen LogP contribution in [0.15, 0.2) is 47.6 Å². The van der Waals surface area contributed by atoms with Crippen molar-refractivity contribution < 1.29 is 13.2 Å². The molecular weight excluding hydrogens is 374 g/mol. The van der Waals surface area contributed by atoms with Crippen molar-refractivity contribution in [2.75, 3.05) is 26.2 Å². The lowest BCUT2D eigenvalue weighted by atomic mass is 10.2. The maximum Gasteiger partial charge on any atom is 0.268 e. The van der Waals surface area contributed by atoms with Gasteiger partial charge in [-0.05, 0) is 73.8 Å². The molecule has 2 aromatic heterocycles. The number of hydrogen-bond acceptors (Lipinski definition) is 5. The first-order chi connectivity index (χ1) is 13.6. The van der Waals surface area contributed by atoms with E-state index in [1.54, 1.807) is 36.7 Å². The number of benzene rings is 1. The van der Waals surface area contributed by atoms with Crippen molar-refractivity contribution >= 4 is 21.1 Å². The normalized spacial score (nSPS) is 17.1. The van der Waals surface area contributed by atoms with Crippen LogP contribution in [-0.2, 0) is 22.9 Å². The standard InChI is InChI=1S/C21H23N3O3S/c25-28(26,18-5-6-20-16(14-18)8-13-27-20)24-15-17(7-12-23-10-1-2-11-23)21-19(24)4-3-9-22-21/h3-6,9,14-15H,1-2,7-8,10-13H2. The average Bonchev–Trinajstić information content (AvgIpc) is 3.45. The van der Waals surface area contributed by atoms with Gasteiger partial charge in [0, 0.05) is 25.4 Å². The van der Waals surface area contributed by atoms with Gasteiger partial charge < -0.3 is 9.64 Å². The highest BCUT2D eigenvalue weighted by Gasteiger charge is 2.24. The van der Waals surface area contributed by atoms with Crippen LogP contribution in [0.4, 0.5) is 0 Å². The largest absolute Gasteiger partial charge is 0.493 e. The lowest BCUT2D eigenvalue weighted by Crippen LogP contribution is -2.21. The van der Waals surface area contributed by atoms with Gasteiger partial charge in [0.15, 0.2) is 0 Å². The number of rotatable bonds is 5. The van der Waals surface area contributed by atoms with E-state index in [1.165, 1.54) is 16.8 Å². The van der Waals surface area contributed by atoms with Gasteiger partial charge in [0.1, 0.15) is 5.75 Å². The van der Waals surface area contributed by atoms with Crippen molar-refractivity contribution in [1.29, 1.82) is 0 Å². The molecule has 1 saturated heterocycles. The zero-order valence-electron chi connectivity index (χ0n) is 15.7. The van der Waals surface area contributed by atoms with Crippen LogP contribution in [0.25, 0.3) is 11.0 Å². The molecule has 0 atom stereocenters. The Morgan fingerprint density at radius 3 is 2.86 bits per heavy atom. The molecule has 1 fully saturated rings. The highest BCUT2D eigenvalue weighted by Crippen LogP contribution is 2.30. The van der Waals surface area contributed by atoms with Gasteiger partial charge in [0.05, 0.1) is 22.5 Å². The summed E-state index contributed by atoms with van der Waals surface area (Å²) in [5.41, 5.74) is 3.34. The molecule has 0 radical (unpaired) electrons. The Balaban J connectivity index is 1.54. The van der Waals surface area contributed by atoms with Crippen molar-refractivity contribution in [2.24, 2.45) is 0 Å². The minimum atomic E-state index is -3.70. The average molecular weight is 398 g/mol. The van der Waals surface area contributed by atoms with E-state index < -0.39 is 10.0 Å². The van der Waals surface area contributed by atoms with Gasteiger partial charge in [-0.1, -0.05) is 0 Å². The zero-order valence-corrected chi connectivity index (χ0v) is 16.5. The van der Waals surface area contributed by atoms with E-state index in [0.717, 1.165) is 54.9 Å². The quantitative estimate of drug-likeness (QED) is 0.662. The molecule has 0 spiro atoms. The fraction of sp³-hybridized carbons (Fsp3) is 0.381. The molecule has 3 aromatic rings. The Morgan fingerprint density at radius 1 is 1.14 bits per heavy atom. The second-order valence-corrected chi connectivity index (χ2v) is 9.31. The second-order valence-electron chi connectivity index (χ2n) is 7.49. The molecule has 146 valence electrons. The predicted molar refractivity (Wildman–Crippen MR) is 107 cm³/mol. The van der Waals surface area contributed by atoms with E-state index in [2.05, 4.69) is 9.88 Å². The fourth-order valence-electron chi connectivity index (χ4n) is 4.20. The summed E-state index contributed by atoms with van der Waals surface area (Å²) in [5.74, 6) is 0.782. The Hall–Kier alpha value is -2.38. The molecule has 1 aromatic carbocycles. The molecule has 0 N–H and O–H groups in total. The minimum absolute atomic E-state index is 0.295. The summed E-state index contributed by atoms with van der Waals surface area (Å²) in [7, 11) is -3.70. The van der Waals surface area contributed by atoms with Crippen LogP contribution in [0.3, 0.4) is 0 Å². The highest BCUT2D eigenvalue weighted by molar-refractivity contribution is 7.90. The van der Waals surface area contributed by atoms with Crippen LogP contribution in [0, 0.1) is 0 Å². The van der Waals surface area contributed by atoms with Crippen LogP contribution in [0.2, 0.25) is 0 Å². The molecule has 0 bridgehead atoms. The summed E-state index contributed by atoms with van der Waals surface area (Å²) in [5, 5.41) is 0. The third-order valence-electron chi connectivity index (χ3n) is 5.71. The van der Waals surface area contributed by atoms with Crippen LogP contribution >= 0.6 is 0 Å². The molecule has 0 aliphatic carbocycles. The zero-order chi connectivity index (χ0) is 19.1. The first-order valence-electron chi connectivity index (χ1n) is 9.81. The van der Waals surface area contributed by atoms with E-state index in [0.29, 0.717) is 17.0 Å². The molecule has 7 heteroatoms. The van der Waals surface area contributed by atoms with Gasteiger partial charge in [-0.3, -0.25) is 4.98 Å². The maximum absolute atomic E-state index is 13.4. The van der Waals surface area contributed by atoms with Gasteiger partial charge in [-0.2, -0.15) is 0 Å². The Morgan fingerprint density at radius 2 is 2.00 bits per heavy atom. The van der Waals surface area contributed by atoms with E-state index >= 15 is 0 Å². The van der Waals surface area contributed by atoms with Gasteiger partial charge in [-0.15, -0.1) is 0 Å². The molecule has 2 aliphatic rings. The van der Waals surface area contributed by atoms with Gasteiger partial charge in [0.25, 0.3) is 10.0 Å². The van der Waals surface area contributed by atoms with E-state index in [9.17, 15) is 8.42 Å². The van der Waals surface area contributed by atoms with Gasteiger partial charge >= 0.3 is 0 Å². The fourth-order valence-corrected chi connectivity index (χ4v) is 5.63. The summed E-state index contributed by atoms with van der Waals surface area (Å²) in [6, 6.07) is 8.74. The number of nitrogens with zero attached hydrogens (tertiary/aromatic N) is 3. The molecule has 4 heterocycles. The third kappa shape index (κ3) is 2.99. The summed E-state index contributed by atoms with van der Waals surface area (Å²) in [6.45, 7) is 3.80. The summed E-state index contributed by atoms with van der Waals surface area (Å²) >= 11 is 0.